The first-order chi connectivity index (χ1) is 12.6. The highest BCUT2D eigenvalue weighted by atomic mass is 32.2. The van der Waals surface area contributed by atoms with Crippen molar-refractivity contribution in [2.75, 3.05) is 12.4 Å². The van der Waals surface area contributed by atoms with Gasteiger partial charge in [-0.05, 0) is 64.1 Å². The van der Waals surface area contributed by atoms with Crippen molar-refractivity contribution in [2.24, 2.45) is 0 Å². The monoisotopic (exact) mass is 406 g/mol. The Morgan fingerprint density at radius 3 is 2.07 bits per heavy atom. The zero-order valence-electron chi connectivity index (χ0n) is 16.3. The van der Waals surface area contributed by atoms with Crippen LogP contribution in [0, 0.1) is 6.92 Å². The first-order valence-electron chi connectivity index (χ1n) is 8.73. The molecule has 0 aliphatic heterocycles. The van der Waals surface area contributed by atoms with Gasteiger partial charge in [0.15, 0.2) is 0 Å². The van der Waals surface area contributed by atoms with Gasteiger partial charge >= 0.3 is 0 Å². The number of amides is 1. The quantitative estimate of drug-likeness (QED) is 0.702. The molecular weight excluding hydrogens is 380 g/mol. The smallest absolute Gasteiger partial charge is 0.243 e. The van der Waals surface area contributed by atoms with Gasteiger partial charge in [0, 0.05) is 23.7 Å². The molecule has 0 fully saturated rings. The second-order valence-corrected chi connectivity index (χ2v) is 10.1. The molecule has 0 heterocycles. The van der Waals surface area contributed by atoms with E-state index in [1.165, 1.54) is 33.8 Å². The van der Waals surface area contributed by atoms with Crippen LogP contribution in [0.2, 0.25) is 0 Å². The van der Waals surface area contributed by atoms with Gasteiger partial charge < -0.3 is 5.32 Å². The highest BCUT2D eigenvalue weighted by Crippen LogP contribution is 2.25. The van der Waals surface area contributed by atoms with Crippen LogP contribution in [-0.4, -0.2) is 37.0 Å². The maximum absolute atomic E-state index is 12.5. The Labute approximate surface area is 166 Å². The van der Waals surface area contributed by atoms with Crippen molar-refractivity contribution >= 4 is 33.4 Å². The minimum Gasteiger partial charge on any atom is -0.325 e. The molecule has 0 saturated heterocycles. The van der Waals surface area contributed by atoms with Crippen molar-refractivity contribution in [1.82, 2.24) is 4.31 Å². The topological polar surface area (TPSA) is 66.5 Å². The molecule has 1 amide bonds. The fourth-order valence-corrected chi connectivity index (χ4v) is 4.51. The molecule has 2 aromatic carbocycles. The normalized spacial score (nSPS) is 13.0. The average molecular weight is 407 g/mol. The molecule has 27 heavy (non-hydrogen) atoms. The molecule has 2 aromatic rings. The zero-order chi connectivity index (χ0) is 20.2. The Hall–Kier alpha value is -1.83. The van der Waals surface area contributed by atoms with Gasteiger partial charge in [-0.3, -0.25) is 4.79 Å². The number of hydrogen-bond acceptors (Lipinski definition) is 4. The van der Waals surface area contributed by atoms with Gasteiger partial charge in [-0.2, -0.15) is 4.31 Å². The summed E-state index contributed by atoms with van der Waals surface area (Å²) < 4.78 is 26.3. The van der Waals surface area contributed by atoms with E-state index in [-0.39, 0.29) is 22.1 Å². The Morgan fingerprint density at radius 1 is 1.00 bits per heavy atom. The van der Waals surface area contributed by atoms with E-state index in [1.807, 2.05) is 52.0 Å². The molecule has 0 saturated carbocycles. The van der Waals surface area contributed by atoms with Gasteiger partial charge in [0.05, 0.1) is 10.1 Å². The van der Waals surface area contributed by atoms with Gasteiger partial charge in [-0.1, -0.05) is 17.7 Å². The van der Waals surface area contributed by atoms with E-state index < -0.39 is 10.0 Å². The lowest BCUT2D eigenvalue weighted by atomic mass is 10.2. The molecular formula is C20H26N2O3S2. The minimum atomic E-state index is -3.53. The summed E-state index contributed by atoms with van der Waals surface area (Å²) in [7, 11) is -1.97. The highest BCUT2D eigenvalue weighted by molar-refractivity contribution is 8.00. The molecule has 1 N–H and O–H groups in total. The number of aryl methyl sites for hydroxylation is 1. The van der Waals surface area contributed by atoms with Crippen LogP contribution in [0.15, 0.2) is 58.3 Å². The van der Waals surface area contributed by atoms with E-state index in [2.05, 4.69) is 5.32 Å². The maximum atomic E-state index is 12.5. The van der Waals surface area contributed by atoms with E-state index >= 15 is 0 Å². The summed E-state index contributed by atoms with van der Waals surface area (Å²) >= 11 is 1.48. The third-order valence-electron chi connectivity index (χ3n) is 4.23. The van der Waals surface area contributed by atoms with Crippen LogP contribution < -0.4 is 5.32 Å². The Morgan fingerprint density at radius 2 is 1.56 bits per heavy atom. The predicted octanol–water partition coefficient (Wildman–Crippen LogP) is 4.14. The molecule has 2 rings (SSSR count). The average Bonchev–Trinajstić information content (AvgIpc) is 2.63. The number of carbonyl (C=O) groups excluding carboxylic acids is 1. The van der Waals surface area contributed by atoms with Crippen LogP contribution in [0.1, 0.15) is 26.3 Å². The standard InChI is InChI=1S/C20H26N2O3S2/c1-14(2)22(5)27(24,25)19-12-8-17(9-13-19)21-20(23)16(4)26-18-10-6-15(3)7-11-18/h6-14,16H,1-5H3,(H,21,23)/t16-/m0/s1. The van der Waals surface area contributed by atoms with Gasteiger partial charge in [0.25, 0.3) is 0 Å². The van der Waals surface area contributed by atoms with Crippen molar-refractivity contribution in [3.63, 3.8) is 0 Å². The Kier molecular flexibility index (Phi) is 7.08. The van der Waals surface area contributed by atoms with E-state index in [0.717, 1.165) is 4.90 Å². The first kappa shape index (κ1) is 21.5. The molecule has 0 aromatic heterocycles. The molecule has 0 bridgehead atoms. The number of hydrogen-bond donors (Lipinski definition) is 1. The fourth-order valence-electron chi connectivity index (χ4n) is 2.27. The van der Waals surface area contributed by atoms with Crippen LogP contribution in [0.3, 0.4) is 0 Å². The molecule has 146 valence electrons. The fraction of sp³-hybridized carbons (Fsp3) is 0.350. The first-order valence-corrected chi connectivity index (χ1v) is 11.1. The maximum Gasteiger partial charge on any atom is 0.243 e. The lowest BCUT2D eigenvalue weighted by Crippen LogP contribution is -2.33. The predicted molar refractivity (Wildman–Crippen MR) is 112 cm³/mol. The lowest BCUT2D eigenvalue weighted by Gasteiger charge is -2.21. The van der Waals surface area contributed by atoms with E-state index in [9.17, 15) is 13.2 Å². The number of thioether (sulfide) groups is 1. The highest BCUT2D eigenvalue weighted by Gasteiger charge is 2.23. The molecule has 1 atom stereocenters. The van der Waals surface area contributed by atoms with Crippen LogP contribution in [0.5, 0.6) is 0 Å². The summed E-state index contributed by atoms with van der Waals surface area (Å²) in [6.07, 6.45) is 0. The van der Waals surface area contributed by atoms with Crippen molar-refractivity contribution < 1.29 is 13.2 Å². The number of sulfonamides is 1. The number of carbonyl (C=O) groups is 1. The SMILES string of the molecule is Cc1ccc(S[C@@H](C)C(=O)Nc2ccc(S(=O)(=O)N(C)C(C)C)cc2)cc1. The van der Waals surface area contributed by atoms with Gasteiger partial charge in [-0.25, -0.2) is 8.42 Å². The van der Waals surface area contributed by atoms with Gasteiger partial charge in [0.1, 0.15) is 0 Å². The summed E-state index contributed by atoms with van der Waals surface area (Å²) in [6.45, 7) is 7.50. The second kappa shape index (κ2) is 8.91. The summed E-state index contributed by atoms with van der Waals surface area (Å²) in [5.41, 5.74) is 1.75. The summed E-state index contributed by atoms with van der Waals surface area (Å²) in [6, 6.07) is 14.1. The van der Waals surface area contributed by atoms with Crippen molar-refractivity contribution in [1.29, 1.82) is 0 Å². The summed E-state index contributed by atoms with van der Waals surface area (Å²) in [5, 5.41) is 2.56. The van der Waals surface area contributed by atoms with Gasteiger partial charge in [0.2, 0.25) is 15.9 Å². The van der Waals surface area contributed by atoms with Crippen molar-refractivity contribution in [3.8, 4) is 0 Å². The van der Waals surface area contributed by atoms with Crippen LogP contribution in [0.25, 0.3) is 0 Å². The van der Waals surface area contributed by atoms with Crippen LogP contribution in [0.4, 0.5) is 5.69 Å². The largest absolute Gasteiger partial charge is 0.325 e. The third kappa shape index (κ3) is 5.57. The van der Waals surface area contributed by atoms with E-state index in [0.29, 0.717) is 5.69 Å². The number of nitrogens with one attached hydrogen (secondary N) is 1. The van der Waals surface area contributed by atoms with E-state index in [1.54, 1.807) is 19.2 Å². The lowest BCUT2D eigenvalue weighted by molar-refractivity contribution is -0.115. The molecule has 7 heteroatoms. The van der Waals surface area contributed by atoms with Crippen LogP contribution >= 0.6 is 11.8 Å². The molecule has 5 nitrogen and oxygen atoms in total. The number of benzene rings is 2. The summed E-state index contributed by atoms with van der Waals surface area (Å²) in [5.74, 6) is -0.129. The molecule has 0 aliphatic rings. The van der Waals surface area contributed by atoms with Gasteiger partial charge in [-0.15, -0.1) is 11.8 Å². The zero-order valence-corrected chi connectivity index (χ0v) is 17.9. The van der Waals surface area contributed by atoms with Crippen molar-refractivity contribution in [2.45, 2.75) is 48.8 Å². The molecule has 0 aliphatic carbocycles. The second-order valence-electron chi connectivity index (χ2n) is 6.70. The van der Waals surface area contributed by atoms with E-state index in [4.69, 9.17) is 0 Å². The minimum absolute atomic E-state index is 0.129. The molecule has 0 radical (unpaired) electrons. The Balaban J connectivity index is 2.03. The molecule has 0 unspecified atom stereocenters. The summed E-state index contributed by atoms with van der Waals surface area (Å²) in [4.78, 5) is 13.6. The van der Waals surface area contributed by atoms with Crippen LogP contribution in [-0.2, 0) is 14.8 Å². The third-order valence-corrected chi connectivity index (χ3v) is 7.39. The molecule has 0 spiro atoms. The number of anilines is 1. The number of nitrogens with zero attached hydrogens (tertiary/aromatic N) is 1. The Bertz CT molecular complexity index is 876. The number of rotatable bonds is 7. The van der Waals surface area contributed by atoms with Crippen molar-refractivity contribution in [3.05, 3.63) is 54.1 Å².